The van der Waals surface area contributed by atoms with Crippen LogP contribution in [0.1, 0.15) is 51.1 Å². The van der Waals surface area contributed by atoms with Crippen LogP contribution in [0.5, 0.6) is 0 Å². The third kappa shape index (κ3) is 3.84. The van der Waals surface area contributed by atoms with Crippen molar-refractivity contribution in [1.29, 1.82) is 0 Å². The summed E-state index contributed by atoms with van der Waals surface area (Å²) >= 11 is 11.9. The van der Waals surface area contributed by atoms with Crippen LogP contribution < -0.4 is 5.32 Å². The van der Waals surface area contributed by atoms with Gasteiger partial charge in [-0.05, 0) is 43.4 Å². The van der Waals surface area contributed by atoms with Crippen molar-refractivity contribution >= 4 is 23.2 Å². The molecule has 1 aliphatic rings. The van der Waals surface area contributed by atoms with Crippen LogP contribution in [0, 0.1) is 11.7 Å². The minimum Gasteiger partial charge on any atom is -0.307 e. The molecule has 0 aliphatic heterocycles. The van der Waals surface area contributed by atoms with Crippen LogP contribution in [0.25, 0.3) is 0 Å². The second kappa shape index (κ2) is 6.43. The average Bonchev–Trinajstić information content (AvgIpc) is 2.33. The maximum absolute atomic E-state index is 13.5. The Morgan fingerprint density at radius 1 is 1.26 bits per heavy atom. The molecule has 0 heterocycles. The van der Waals surface area contributed by atoms with E-state index in [1.165, 1.54) is 37.8 Å². The van der Waals surface area contributed by atoms with Crippen LogP contribution in [-0.2, 0) is 0 Å². The van der Waals surface area contributed by atoms with Gasteiger partial charge in [0.15, 0.2) is 0 Å². The molecule has 0 saturated heterocycles. The van der Waals surface area contributed by atoms with E-state index in [0.29, 0.717) is 11.1 Å². The van der Waals surface area contributed by atoms with Crippen molar-refractivity contribution in [3.05, 3.63) is 33.6 Å². The van der Waals surface area contributed by atoms with Crippen LogP contribution >= 0.6 is 23.2 Å². The van der Waals surface area contributed by atoms with Gasteiger partial charge in [-0.1, -0.05) is 43.0 Å². The van der Waals surface area contributed by atoms with Crippen LogP contribution in [0.2, 0.25) is 10.0 Å². The summed E-state index contributed by atoms with van der Waals surface area (Å²) in [5.74, 6) is 0.350. The average molecular weight is 304 g/mol. The molecule has 1 aliphatic carbocycles. The van der Waals surface area contributed by atoms with Gasteiger partial charge < -0.3 is 5.32 Å². The van der Waals surface area contributed by atoms with Crippen LogP contribution in [0.15, 0.2) is 12.1 Å². The summed E-state index contributed by atoms with van der Waals surface area (Å²) in [5.41, 5.74) is 0.779. The van der Waals surface area contributed by atoms with Gasteiger partial charge in [-0.3, -0.25) is 0 Å². The normalized spacial score (nSPS) is 25.3. The Labute approximate surface area is 124 Å². The fourth-order valence-corrected chi connectivity index (χ4v) is 3.45. The minimum atomic E-state index is -0.410. The molecular formula is C15H20Cl2FN. The largest absolute Gasteiger partial charge is 0.307 e. The number of halogens is 3. The van der Waals surface area contributed by atoms with Gasteiger partial charge in [-0.25, -0.2) is 4.39 Å². The van der Waals surface area contributed by atoms with Crippen molar-refractivity contribution in [2.75, 3.05) is 0 Å². The monoisotopic (exact) mass is 303 g/mol. The molecule has 0 aromatic heterocycles. The van der Waals surface area contributed by atoms with Crippen molar-refractivity contribution in [2.45, 2.75) is 51.6 Å². The molecule has 0 amide bonds. The highest BCUT2D eigenvalue weighted by Gasteiger charge is 2.22. The molecule has 3 unspecified atom stereocenters. The Balaban J connectivity index is 2.07. The molecule has 19 heavy (non-hydrogen) atoms. The minimum absolute atomic E-state index is 0.0366. The van der Waals surface area contributed by atoms with Crippen molar-refractivity contribution in [3.8, 4) is 0 Å². The quantitative estimate of drug-likeness (QED) is 0.741. The summed E-state index contributed by atoms with van der Waals surface area (Å²) in [6.07, 6.45) is 4.93. The summed E-state index contributed by atoms with van der Waals surface area (Å²) in [5, 5.41) is 4.16. The Morgan fingerprint density at radius 2 is 2.00 bits per heavy atom. The summed E-state index contributed by atoms with van der Waals surface area (Å²) in [6, 6.07) is 3.45. The van der Waals surface area contributed by atoms with Gasteiger partial charge in [0.1, 0.15) is 5.82 Å². The lowest BCUT2D eigenvalue weighted by atomic mass is 9.86. The van der Waals surface area contributed by atoms with E-state index in [4.69, 9.17) is 23.2 Å². The van der Waals surface area contributed by atoms with Gasteiger partial charge >= 0.3 is 0 Å². The molecule has 1 aromatic rings. The fraction of sp³-hybridized carbons (Fsp3) is 0.600. The molecule has 2 rings (SSSR count). The van der Waals surface area contributed by atoms with E-state index in [2.05, 4.69) is 12.2 Å². The third-order valence-electron chi connectivity index (χ3n) is 3.93. The van der Waals surface area contributed by atoms with Crippen molar-refractivity contribution in [2.24, 2.45) is 5.92 Å². The molecule has 4 heteroatoms. The molecule has 3 atom stereocenters. The van der Waals surface area contributed by atoms with E-state index < -0.39 is 5.82 Å². The second-order valence-corrected chi connectivity index (χ2v) is 6.46. The van der Waals surface area contributed by atoms with E-state index in [1.54, 1.807) is 0 Å². The van der Waals surface area contributed by atoms with E-state index in [1.807, 2.05) is 6.92 Å². The highest BCUT2D eigenvalue weighted by Crippen LogP contribution is 2.31. The lowest BCUT2D eigenvalue weighted by molar-refractivity contribution is 0.285. The van der Waals surface area contributed by atoms with E-state index >= 15 is 0 Å². The number of benzene rings is 1. The Bertz CT molecular complexity index is 450. The van der Waals surface area contributed by atoms with Crippen molar-refractivity contribution in [3.63, 3.8) is 0 Å². The molecule has 1 saturated carbocycles. The van der Waals surface area contributed by atoms with E-state index in [-0.39, 0.29) is 11.1 Å². The first-order valence-corrected chi connectivity index (χ1v) is 7.63. The van der Waals surface area contributed by atoms with Crippen molar-refractivity contribution in [1.82, 2.24) is 5.32 Å². The maximum Gasteiger partial charge on any atom is 0.142 e. The second-order valence-electron chi connectivity index (χ2n) is 5.64. The molecule has 0 radical (unpaired) electrons. The van der Waals surface area contributed by atoms with Gasteiger partial charge in [-0.15, -0.1) is 0 Å². The predicted molar refractivity (Wildman–Crippen MR) is 79.4 cm³/mol. The maximum atomic E-state index is 13.5. The third-order valence-corrected chi connectivity index (χ3v) is 4.55. The topological polar surface area (TPSA) is 12.0 Å². The molecule has 1 nitrogen and oxygen atoms in total. The van der Waals surface area contributed by atoms with Crippen LogP contribution in [-0.4, -0.2) is 6.04 Å². The molecule has 106 valence electrons. The first kappa shape index (κ1) is 15.1. The van der Waals surface area contributed by atoms with Gasteiger partial charge in [0.2, 0.25) is 0 Å². The Morgan fingerprint density at radius 3 is 2.68 bits per heavy atom. The fourth-order valence-electron chi connectivity index (χ4n) is 2.90. The SMILES string of the molecule is CC1CCCC(NC(C)c2cc(F)c(Cl)cc2Cl)C1. The van der Waals surface area contributed by atoms with Crippen molar-refractivity contribution < 1.29 is 4.39 Å². The van der Waals surface area contributed by atoms with Gasteiger partial charge in [0, 0.05) is 17.1 Å². The van der Waals surface area contributed by atoms with E-state index in [0.717, 1.165) is 11.5 Å². The summed E-state index contributed by atoms with van der Waals surface area (Å²) in [7, 11) is 0. The van der Waals surface area contributed by atoms with E-state index in [9.17, 15) is 4.39 Å². The number of rotatable bonds is 3. The molecule has 0 bridgehead atoms. The molecular weight excluding hydrogens is 284 g/mol. The van der Waals surface area contributed by atoms with Gasteiger partial charge in [0.25, 0.3) is 0 Å². The first-order chi connectivity index (χ1) is 8.97. The standard InChI is InChI=1S/C15H20Cl2FN/c1-9-4-3-5-11(6-9)19-10(2)12-7-15(18)14(17)8-13(12)16/h7-11,19H,3-6H2,1-2H3. The lowest BCUT2D eigenvalue weighted by Gasteiger charge is -2.30. The molecule has 1 N–H and O–H groups in total. The summed E-state index contributed by atoms with van der Waals surface area (Å²) in [6.45, 7) is 4.31. The smallest absolute Gasteiger partial charge is 0.142 e. The summed E-state index contributed by atoms with van der Waals surface area (Å²) in [4.78, 5) is 0. The van der Waals surface area contributed by atoms with Gasteiger partial charge in [0.05, 0.1) is 5.02 Å². The summed E-state index contributed by atoms with van der Waals surface area (Å²) < 4.78 is 13.5. The Kier molecular flexibility index (Phi) is 5.10. The lowest BCUT2D eigenvalue weighted by Crippen LogP contribution is -2.35. The van der Waals surface area contributed by atoms with Gasteiger partial charge in [-0.2, -0.15) is 0 Å². The number of hydrogen-bond donors (Lipinski definition) is 1. The number of nitrogens with one attached hydrogen (secondary N) is 1. The van der Waals surface area contributed by atoms with Crippen LogP contribution in [0.4, 0.5) is 4.39 Å². The first-order valence-electron chi connectivity index (χ1n) is 6.88. The van der Waals surface area contributed by atoms with Crippen LogP contribution in [0.3, 0.4) is 0 Å². The highest BCUT2D eigenvalue weighted by molar-refractivity contribution is 6.35. The highest BCUT2D eigenvalue weighted by atomic mass is 35.5. The predicted octanol–water partition coefficient (Wildman–Crippen LogP) is 5.36. The zero-order valence-electron chi connectivity index (χ0n) is 11.3. The molecule has 1 fully saturated rings. The molecule has 0 spiro atoms. The zero-order valence-corrected chi connectivity index (χ0v) is 12.9. The Hall–Kier alpha value is -0.310. The molecule has 1 aromatic carbocycles. The number of hydrogen-bond acceptors (Lipinski definition) is 1. The zero-order chi connectivity index (χ0) is 14.0.